The molecule has 0 spiro atoms. The number of amidine groups is 1. The number of rotatable bonds is 6. The van der Waals surface area contributed by atoms with Gasteiger partial charge in [0.05, 0.1) is 6.42 Å². The molecule has 0 radical (unpaired) electrons. The molecule has 1 saturated carbocycles. The Morgan fingerprint density at radius 3 is 2.44 bits per heavy atom. The first-order valence-corrected chi connectivity index (χ1v) is 5.66. The Kier molecular flexibility index (Phi) is 4.80. The van der Waals surface area contributed by atoms with Gasteiger partial charge in [0.1, 0.15) is 5.84 Å². The predicted octanol–water partition coefficient (Wildman–Crippen LogP) is 1.46. The summed E-state index contributed by atoms with van der Waals surface area (Å²) in [5.74, 6) is -0.565. The quantitative estimate of drug-likeness (QED) is 0.331. The van der Waals surface area contributed by atoms with Crippen LogP contribution in [0.5, 0.6) is 0 Å². The summed E-state index contributed by atoms with van der Waals surface area (Å²) in [7, 11) is 0. The maximum absolute atomic E-state index is 12.0. The molecule has 0 bridgehead atoms. The molecule has 0 saturated heterocycles. The van der Waals surface area contributed by atoms with Crippen molar-refractivity contribution in [2.75, 3.05) is 6.54 Å². The number of alkyl halides is 3. The molecule has 104 valence electrons. The normalized spacial score (nSPS) is 16.7. The van der Waals surface area contributed by atoms with Gasteiger partial charge >= 0.3 is 6.18 Å². The SMILES string of the molecule is NC(CCN(C(=O)CCC(F)(F)F)C1CC1)=NO. The number of oxime groups is 1. The Labute approximate surface area is 102 Å². The summed E-state index contributed by atoms with van der Waals surface area (Å²) in [6.07, 6.45) is -4.22. The average Bonchev–Trinajstić information content (AvgIpc) is 3.09. The first-order chi connectivity index (χ1) is 8.33. The van der Waals surface area contributed by atoms with Crippen molar-refractivity contribution in [2.45, 2.75) is 44.3 Å². The van der Waals surface area contributed by atoms with Crippen LogP contribution in [0.3, 0.4) is 0 Å². The molecule has 0 heterocycles. The van der Waals surface area contributed by atoms with Crippen LogP contribution in [-0.2, 0) is 4.79 Å². The lowest BCUT2D eigenvalue weighted by Gasteiger charge is -2.22. The highest BCUT2D eigenvalue weighted by Gasteiger charge is 2.34. The molecule has 18 heavy (non-hydrogen) atoms. The van der Waals surface area contributed by atoms with Crippen LogP contribution in [0.25, 0.3) is 0 Å². The molecular formula is C10H16F3N3O2. The van der Waals surface area contributed by atoms with Gasteiger partial charge in [0, 0.05) is 25.4 Å². The number of hydrogen-bond donors (Lipinski definition) is 2. The molecule has 8 heteroatoms. The summed E-state index contributed by atoms with van der Waals surface area (Å²) in [6, 6.07) is 0.0113. The first-order valence-electron chi connectivity index (χ1n) is 5.66. The van der Waals surface area contributed by atoms with Crippen LogP contribution in [0.2, 0.25) is 0 Å². The fourth-order valence-electron chi connectivity index (χ4n) is 1.57. The van der Waals surface area contributed by atoms with Gasteiger partial charge in [0.15, 0.2) is 0 Å². The van der Waals surface area contributed by atoms with E-state index in [1.807, 2.05) is 0 Å². The smallest absolute Gasteiger partial charge is 0.389 e. The lowest BCUT2D eigenvalue weighted by atomic mass is 10.2. The minimum absolute atomic E-state index is 0.0113. The molecule has 1 aliphatic carbocycles. The summed E-state index contributed by atoms with van der Waals surface area (Å²) < 4.78 is 36.1. The van der Waals surface area contributed by atoms with Gasteiger partial charge in [-0.3, -0.25) is 4.79 Å². The van der Waals surface area contributed by atoms with Crippen LogP contribution < -0.4 is 5.73 Å². The third kappa shape index (κ3) is 5.24. The van der Waals surface area contributed by atoms with E-state index in [1.54, 1.807) is 0 Å². The molecule has 5 nitrogen and oxygen atoms in total. The fourth-order valence-corrected chi connectivity index (χ4v) is 1.57. The molecule has 1 fully saturated rings. The van der Waals surface area contributed by atoms with Gasteiger partial charge in [-0.05, 0) is 12.8 Å². The van der Waals surface area contributed by atoms with Gasteiger partial charge in [-0.15, -0.1) is 0 Å². The van der Waals surface area contributed by atoms with Crippen molar-refractivity contribution in [3.63, 3.8) is 0 Å². The standard InChI is InChI=1S/C10H16F3N3O2/c11-10(12,13)5-3-9(17)16(7-1-2-7)6-4-8(14)15-18/h7,18H,1-6H2,(H2,14,15). The van der Waals surface area contributed by atoms with Crippen molar-refractivity contribution < 1.29 is 23.2 Å². The molecule has 0 unspecified atom stereocenters. The van der Waals surface area contributed by atoms with Gasteiger partial charge < -0.3 is 15.8 Å². The van der Waals surface area contributed by atoms with Gasteiger partial charge in [-0.1, -0.05) is 5.16 Å². The fraction of sp³-hybridized carbons (Fsp3) is 0.800. The van der Waals surface area contributed by atoms with Crippen molar-refractivity contribution in [3.05, 3.63) is 0 Å². The Morgan fingerprint density at radius 1 is 1.39 bits per heavy atom. The van der Waals surface area contributed by atoms with Gasteiger partial charge in [0.25, 0.3) is 0 Å². The summed E-state index contributed by atoms with van der Waals surface area (Å²) in [4.78, 5) is 13.0. The van der Waals surface area contributed by atoms with Crippen molar-refractivity contribution in [1.82, 2.24) is 4.90 Å². The highest BCUT2D eigenvalue weighted by atomic mass is 19.4. The number of hydrogen-bond acceptors (Lipinski definition) is 3. The second kappa shape index (κ2) is 5.92. The molecule has 0 aliphatic heterocycles. The van der Waals surface area contributed by atoms with E-state index in [0.29, 0.717) is 0 Å². The maximum atomic E-state index is 12.0. The van der Waals surface area contributed by atoms with E-state index in [0.717, 1.165) is 12.8 Å². The molecule has 1 rings (SSSR count). The first kappa shape index (κ1) is 14.6. The van der Waals surface area contributed by atoms with Crippen LogP contribution >= 0.6 is 0 Å². The van der Waals surface area contributed by atoms with Crippen LogP contribution in [0, 0.1) is 0 Å². The third-order valence-corrected chi connectivity index (χ3v) is 2.67. The van der Waals surface area contributed by atoms with Crippen LogP contribution in [0.1, 0.15) is 32.1 Å². The largest absolute Gasteiger partial charge is 0.409 e. The number of carbonyl (C=O) groups excluding carboxylic acids is 1. The van der Waals surface area contributed by atoms with Gasteiger partial charge in [-0.25, -0.2) is 0 Å². The Bertz CT molecular complexity index is 327. The number of nitrogens with two attached hydrogens (primary N) is 1. The van der Waals surface area contributed by atoms with Crippen molar-refractivity contribution in [3.8, 4) is 0 Å². The topological polar surface area (TPSA) is 78.9 Å². The van der Waals surface area contributed by atoms with E-state index in [2.05, 4.69) is 5.16 Å². The highest BCUT2D eigenvalue weighted by molar-refractivity contribution is 5.81. The van der Waals surface area contributed by atoms with Crippen LogP contribution in [0.4, 0.5) is 13.2 Å². The summed E-state index contributed by atoms with van der Waals surface area (Å²) in [5, 5.41) is 11.1. The van der Waals surface area contributed by atoms with E-state index in [1.165, 1.54) is 4.90 Å². The molecule has 0 aromatic rings. The Hall–Kier alpha value is -1.47. The summed E-state index contributed by atoms with van der Waals surface area (Å²) in [5.41, 5.74) is 5.27. The molecule has 1 aliphatic rings. The minimum atomic E-state index is -4.32. The monoisotopic (exact) mass is 267 g/mol. The summed E-state index contributed by atoms with van der Waals surface area (Å²) in [6.45, 7) is 0.192. The maximum Gasteiger partial charge on any atom is 0.389 e. The number of nitrogens with zero attached hydrogens (tertiary/aromatic N) is 2. The Balaban J connectivity index is 2.43. The molecule has 3 N–H and O–H groups in total. The second-order valence-corrected chi connectivity index (χ2v) is 4.27. The second-order valence-electron chi connectivity index (χ2n) is 4.27. The zero-order valence-electron chi connectivity index (χ0n) is 9.78. The Morgan fingerprint density at radius 2 is 2.00 bits per heavy atom. The number of amides is 1. The zero-order chi connectivity index (χ0) is 13.8. The number of halogens is 3. The summed E-state index contributed by atoms with van der Waals surface area (Å²) >= 11 is 0. The molecule has 0 aromatic carbocycles. The number of carbonyl (C=O) groups is 1. The lowest BCUT2D eigenvalue weighted by molar-refractivity contribution is -0.149. The molecule has 0 atom stereocenters. The van der Waals surface area contributed by atoms with E-state index >= 15 is 0 Å². The van der Waals surface area contributed by atoms with E-state index in [9.17, 15) is 18.0 Å². The minimum Gasteiger partial charge on any atom is -0.409 e. The third-order valence-electron chi connectivity index (χ3n) is 2.67. The molecular weight excluding hydrogens is 251 g/mol. The molecule has 1 amide bonds. The predicted molar refractivity (Wildman–Crippen MR) is 58.0 cm³/mol. The van der Waals surface area contributed by atoms with Gasteiger partial charge in [0.2, 0.25) is 5.91 Å². The van der Waals surface area contributed by atoms with Crippen LogP contribution in [0.15, 0.2) is 5.16 Å². The van der Waals surface area contributed by atoms with E-state index < -0.39 is 24.9 Å². The molecule has 0 aromatic heterocycles. The zero-order valence-corrected chi connectivity index (χ0v) is 9.78. The van der Waals surface area contributed by atoms with Crippen molar-refractivity contribution >= 4 is 11.7 Å². The van der Waals surface area contributed by atoms with Crippen LogP contribution in [-0.4, -0.2) is 40.6 Å². The van der Waals surface area contributed by atoms with E-state index in [-0.39, 0.29) is 24.8 Å². The van der Waals surface area contributed by atoms with E-state index in [4.69, 9.17) is 10.9 Å². The highest BCUT2D eigenvalue weighted by Crippen LogP contribution is 2.29. The van der Waals surface area contributed by atoms with Crippen molar-refractivity contribution in [2.24, 2.45) is 10.9 Å². The van der Waals surface area contributed by atoms with Crippen molar-refractivity contribution in [1.29, 1.82) is 0 Å². The lowest BCUT2D eigenvalue weighted by Crippen LogP contribution is -2.36. The van der Waals surface area contributed by atoms with Gasteiger partial charge in [-0.2, -0.15) is 13.2 Å². The average molecular weight is 267 g/mol.